The van der Waals surface area contributed by atoms with Crippen LogP contribution in [0, 0.1) is 20.8 Å². The maximum absolute atomic E-state index is 9.43. The van der Waals surface area contributed by atoms with E-state index in [1.807, 2.05) is 0 Å². The van der Waals surface area contributed by atoms with Gasteiger partial charge in [0.05, 0.1) is 24.2 Å². The minimum atomic E-state index is 0.0948. The number of aliphatic hydroxyl groups excluding tert-OH is 1. The highest BCUT2D eigenvalue weighted by Gasteiger charge is 2.13. The van der Waals surface area contributed by atoms with Crippen molar-refractivity contribution in [2.24, 2.45) is 0 Å². The van der Waals surface area contributed by atoms with Crippen molar-refractivity contribution < 1.29 is 9.84 Å². The molecule has 0 spiro atoms. The molecule has 3 rings (SSSR count). The first kappa shape index (κ1) is 19.4. The van der Waals surface area contributed by atoms with Crippen molar-refractivity contribution in [3.8, 4) is 5.75 Å². The van der Waals surface area contributed by atoms with Gasteiger partial charge in [0.2, 0.25) is 0 Å². The van der Waals surface area contributed by atoms with Crippen LogP contribution >= 0.6 is 0 Å². The highest BCUT2D eigenvalue weighted by molar-refractivity contribution is 5.78. The third-order valence-corrected chi connectivity index (χ3v) is 5.14. The lowest BCUT2D eigenvalue weighted by Gasteiger charge is -2.16. The second kappa shape index (κ2) is 8.13. The molecule has 2 aromatic carbocycles. The van der Waals surface area contributed by atoms with Crippen LogP contribution in [0.2, 0.25) is 0 Å². The quantitative estimate of drug-likeness (QED) is 0.659. The smallest absolute Gasteiger partial charge is 0.123 e. The Labute approximate surface area is 161 Å². The van der Waals surface area contributed by atoms with Crippen LogP contribution in [0.3, 0.4) is 0 Å². The van der Waals surface area contributed by atoms with E-state index in [1.54, 1.807) is 0 Å². The van der Waals surface area contributed by atoms with E-state index >= 15 is 0 Å². The average Bonchev–Trinajstić information content (AvgIpc) is 2.92. The monoisotopic (exact) mass is 366 g/mol. The van der Waals surface area contributed by atoms with Crippen LogP contribution in [-0.4, -0.2) is 27.9 Å². The van der Waals surface area contributed by atoms with Gasteiger partial charge in [-0.1, -0.05) is 26.0 Å². The summed E-state index contributed by atoms with van der Waals surface area (Å²) in [6.45, 7) is 12.1. The van der Waals surface area contributed by atoms with Crippen molar-refractivity contribution in [3.05, 3.63) is 58.4 Å². The third kappa shape index (κ3) is 4.16. The molecular weight excluding hydrogens is 336 g/mol. The third-order valence-electron chi connectivity index (χ3n) is 5.14. The lowest BCUT2D eigenvalue weighted by Crippen LogP contribution is -2.13. The summed E-state index contributed by atoms with van der Waals surface area (Å²) >= 11 is 0. The highest BCUT2D eigenvalue weighted by Crippen LogP contribution is 2.28. The lowest BCUT2D eigenvalue weighted by atomic mass is 10.0. The van der Waals surface area contributed by atoms with E-state index in [0.717, 1.165) is 22.6 Å². The van der Waals surface area contributed by atoms with Gasteiger partial charge in [-0.05, 0) is 67.1 Å². The molecule has 0 bridgehead atoms. The molecule has 0 radical (unpaired) electrons. The van der Waals surface area contributed by atoms with E-state index in [4.69, 9.17) is 9.72 Å². The number of hydrogen-bond acceptors (Lipinski definition) is 3. The Bertz CT molecular complexity index is 941. The molecule has 0 unspecified atom stereocenters. The fourth-order valence-corrected chi connectivity index (χ4v) is 3.46. The van der Waals surface area contributed by atoms with Gasteiger partial charge in [0.15, 0.2) is 0 Å². The Morgan fingerprint density at radius 3 is 2.52 bits per heavy atom. The minimum Gasteiger partial charge on any atom is -0.491 e. The van der Waals surface area contributed by atoms with Gasteiger partial charge in [0.25, 0.3) is 0 Å². The Balaban J connectivity index is 1.86. The van der Waals surface area contributed by atoms with Gasteiger partial charge < -0.3 is 14.4 Å². The predicted molar refractivity (Wildman–Crippen MR) is 111 cm³/mol. The van der Waals surface area contributed by atoms with E-state index < -0.39 is 0 Å². The van der Waals surface area contributed by atoms with E-state index in [-0.39, 0.29) is 6.61 Å². The van der Waals surface area contributed by atoms with Gasteiger partial charge in [0, 0.05) is 6.42 Å². The first-order chi connectivity index (χ1) is 12.9. The summed E-state index contributed by atoms with van der Waals surface area (Å²) in [7, 11) is 0. The summed E-state index contributed by atoms with van der Waals surface area (Å²) in [5, 5.41) is 9.43. The zero-order valence-electron chi connectivity index (χ0n) is 17.0. The summed E-state index contributed by atoms with van der Waals surface area (Å²) in [5.41, 5.74) is 7.02. The van der Waals surface area contributed by atoms with Crippen molar-refractivity contribution in [3.63, 3.8) is 0 Å². The standard InChI is InChI=1S/C23H30N2O2/c1-15(2)19-7-6-16(3)12-22(19)27-11-9-25-21-14-18(5)17(4)13-20(21)24-23(25)8-10-26/h6-7,12-15,26H,8-11H2,1-5H3. The first-order valence-electron chi connectivity index (χ1n) is 9.71. The predicted octanol–water partition coefficient (Wildman–Crippen LogP) is 4.70. The summed E-state index contributed by atoms with van der Waals surface area (Å²) in [5.74, 6) is 2.30. The molecule has 3 aromatic rings. The van der Waals surface area contributed by atoms with E-state index in [9.17, 15) is 5.11 Å². The number of benzene rings is 2. The molecule has 0 aliphatic heterocycles. The maximum atomic E-state index is 9.43. The van der Waals surface area contributed by atoms with Crippen LogP contribution in [-0.2, 0) is 13.0 Å². The lowest BCUT2D eigenvalue weighted by molar-refractivity contribution is 0.282. The van der Waals surface area contributed by atoms with Crippen molar-refractivity contribution in [1.82, 2.24) is 9.55 Å². The number of rotatable bonds is 7. The molecule has 27 heavy (non-hydrogen) atoms. The molecule has 4 heteroatoms. The Morgan fingerprint density at radius 1 is 1.07 bits per heavy atom. The zero-order valence-corrected chi connectivity index (χ0v) is 17.0. The van der Waals surface area contributed by atoms with E-state index in [2.05, 4.69) is 69.5 Å². The van der Waals surface area contributed by atoms with Crippen molar-refractivity contribution >= 4 is 11.0 Å². The zero-order chi connectivity index (χ0) is 19.6. The molecule has 0 saturated heterocycles. The van der Waals surface area contributed by atoms with Gasteiger partial charge in [-0.2, -0.15) is 0 Å². The number of aryl methyl sites for hydroxylation is 3. The SMILES string of the molecule is Cc1ccc(C(C)C)c(OCCn2c(CCO)nc3cc(C)c(C)cc32)c1. The van der Waals surface area contributed by atoms with Crippen molar-refractivity contribution in [1.29, 1.82) is 0 Å². The number of aromatic nitrogens is 2. The molecule has 1 aromatic heterocycles. The fourth-order valence-electron chi connectivity index (χ4n) is 3.46. The molecule has 0 atom stereocenters. The maximum Gasteiger partial charge on any atom is 0.123 e. The molecule has 0 aliphatic carbocycles. The molecule has 0 saturated carbocycles. The van der Waals surface area contributed by atoms with E-state index in [1.165, 1.54) is 22.3 Å². The van der Waals surface area contributed by atoms with Gasteiger partial charge in [0.1, 0.15) is 18.2 Å². The molecule has 144 valence electrons. The van der Waals surface area contributed by atoms with Gasteiger partial charge in [-0.25, -0.2) is 4.98 Å². The van der Waals surface area contributed by atoms with Crippen LogP contribution in [0.1, 0.15) is 47.8 Å². The largest absolute Gasteiger partial charge is 0.491 e. The van der Waals surface area contributed by atoms with Gasteiger partial charge >= 0.3 is 0 Å². The van der Waals surface area contributed by atoms with Crippen LogP contribution < -0.4 is 4.74 Å². The van der Waals surface area contributed by atoms with Crippen molar-refractivity contribution in [2.75, 3.05) is 13.2 Å². The molecule has 0 amide bonds. The summed E-state index contributed by atoms with van der Waals surface area (Å²) in [6.07, 6.45) is 0.550. The molecule has 0 aliphatic rings. The molecule has 1 N–H and O–H groups in total. The average molecular weight is 367 g/mol. The van der Waals surface area contributed by atoms with Crippen molar-refractivity contribution in [2.45, 2.75) is 53.5 Å². The van der Waals surface area contributed by atoms with Gasteiger partial charge in [-0.3, -0.25) is 0 Å². The normalized spacial score (nSPS) is 11.5. The van der Waals surface area contributed by atoms with Gasteiger partial charge in [-0.15, -0.1) is 0 Å². The Morgan fingerprint density at radius 2 is 1.81 bits per heavy atom. The number of aliphatic hydroxyl groups is 1. The van der Waals surface area contributed by atoms with Crippen LogP contribution in [0.5, 0.6) is 5.75 Å². The second-order valence-electron chi connectivity index (χ2n) is 7.62. The number of fused-ring (bicyclic) bond motifs is 1. The molecular formula is C23H30N2O2. The topological polar surface area (TPSA) is 47.3 Å². The Kier molecular flexibility index (Phi) is 5.85. The Hall–Kier alpha value is -2.33. The van der Waals surface area contributed by atoms with Crippen LogP contribution in [0.4, 0.5) is 0 Å². The number of hydrogen-bond donors (Lipinski definition) is 1. The molecule has 4 nitrogen and oxygen atoms in total. The van der Waals surface area contributed by atoms with Crippen LogP contribution in [0.25, 0.3) is 11.0 Å². The minimum absolute atomic E-state index is 0.0948. The van der Waals surface area contributed by atoms with Crippen LogP contribution in [0.15, 0.2) is 30.3 Å². The second-order valence-corrected chi connectivity index (χ2v) is 7.62. The number of ether oxygens (including phenoxy) is 1. The first-order valence-corrected chi connectivity index (χ1v) is 9.71. The summed E-state index contributed by atoms with van der Waals surface area (Å²) < 4.78 is 8.36. The van der Waals surface area contributed by atoms with E-state index in [0.29, 0.717) is 25.5 Å². The summed E-state index contributed by atoms with van der Waals surface area (Å²) in [6, 6.07) is 10.7. The molecule has 1 heterocycles. The number of imidazole rings is 1. The highest BCUT2D eigenvalue weighted by atomic mass is 16.5. The molecule has 0 fully saturated rings. The summed E-state index contributed by atoms with van der Waals surface area (Å²) in [4.78, 5) is 4.74. The number of nitrogens with zero attached hydrogens (tertiary/aromatic N) is 2. The fraction of sp³-hybridized carbons (Fsp3) is 0.435.